The highest BCUT2D eigenvalue weighted by molar-refractivity contribution is 7.10. The number of Topliss-reactive ketones (excluding diaryl/α,β-unsaturated/α-hetero) is 1. The smallest absolute Gasteiger partial charge is 0.336 e. The van der Waals surface area contributed by atoms with Crippen molar-refractivity contribution in [2.75, 3.05) is 13.2 Å². The molecule has 1 aliphatic heterocycles. The number of ether oxygens (including phenoxy) is 2. The molecule has 4 rings (SSSR count). The molecule has 6 nitrogen and oxygen atoms in total. The molecule has 196 valence electrons. The van der Waals surface area contributed by atoms with Crippen molar-refractivity contribution in [3.63, 3.8) is 0 Å². The second-order valence-electron chi connectivity index (χ2n) is 8.88. The standard InChI is InChI=1S/C28H29Cl2NO5S/c1-4-9-18-24(28(34)36-6-3)21(15-10-7-11-17(29)25(15)30)23-19(31-18)14-16(20-12-8-13-37-20)22(26(23)32)27(33)35-5-2/h7-8,10-13,16,21-22,31H,4-6,9,14H2,1-3H3/t16-,21-,22+/m1/s1. The van der Waals surface area contributed by atoms with Gasteiger partial charge >= 0.3 is 11.9 Å². The van der Waals surface area contributed by atoms with Crippen LogP contribution in [0, 0.1) is 5.92 Å². The summed E-state index contributed by atoms with van der Waals surface area (Å²) in [5.41, 5.74) is 2.54. The molecule has 1 N–H and O–H groups in total. The first kappa shape index (κ1) is 27.4. The molecule has 0 bridgehead atoms. The molecule has 0 saturated heterocycles. The number of benzene rings is 1. The summed E-state index contributed by atoms with van der Waals surface area (Å²) >= 11 is 14.6. The van der Waals surface area contributed by atoms with Gasteiger partial charge in [-0.15, -0.1) is 11.3 Å². The van der Waals surface area contributed by atoms with Crippen LogP contribution in [0.2, 0.25) is 10.0 Å². The third kappa shape index (κ3) is 5.22. The topological polar surface area (TPSA) is 81.7 Å². The number of thiophene rings is 1. The Kier molecular flexibility index (Phi) is 8.78. The van der Waals surface area contributed by atoms with E-state index in [4.69, 9.17) is 32.7 Å². The number of carbonyl (C=O) groups is 3. The maximum absolute atomic E-state index is 14.3. The van der Waals surface area contributed by atoms with Crippen molar-refractivity contribution in [1.29, 1.82) is 0 Å². The van der Waals surface area contributed by atoms with E-state index in [-0.39, 0.29) is 29.9 Å². The fourth-order valence-electron chi connectivity index (χ4n) is 5.17. The molecule has 9 heteroatoms. The summed E-state index contributed by atoms with van der Waals surface area (Å²) in [6, 6.07) is 8.98. The lowest BCUT2D eigenvalue weighted by Crippen LogP contribution is -2.43. The highest BCUT2D eigenvalue weighted by Crippen LogP contribution is 2.50. The monoisotopic (exact) mass is 561 g/mol. The molecule has 2 aliphatic rings. The third-order valence-electron chi connectivity index (χ3n) is 6.64. The number of rotatable bonds is 8. The number of nitrogens with one attached hydrogen (secondary N) is 1. The van der Waals surface area contributed by atoms with Gasteiger partial charge in [0.2, 0.25) is 0 Å². The van der Waals surface area contributed by atoms with E-state index in [1.54, 1.807) is 32.0 Å². The van der Waals surface area contributed by atoms with Crippen molar-refractivity contribution in [2.45, 2.75) is 51.9 Å². The summed E-state index contributed by atoms with van der Waals surface area (Å²) in [5, 5.41) is 5.89. The van der Waals surface area contributed by atoms with Crippen molar-refractivity contribution in [2.24, 2.45) is 5.92 Å². The van der Waals surface area contributed by atoms with E-state index in [0.29, 0.717) is 46.0 Å². The fourth-order valence-corrected chi connectivity index (χ4v) is 6.45. The molecular weight excluding hydrogens is 533 g/mol. The molecular formula is C28H29Cl2NO5S. The van der Waals surface area contributed by atoms with Gasteiger partial charge in [0.1, 0.15) is 5.92 Å². The first-order valence-corrected chi connectivity index (χ1v) is 14.1. The summed E-state index contributed by atoms with van der Waals surface area (Å²) in [6.07, 6.45) is 1.74. The zero-order valence-electron chi connectivity index (χ0n) is 20.9. The lowest BCUT2D eigenvalue weighted by molar-refractivity contribution is -0.152. The first-order chi connectivity index (χ1) is 17.8. The fraction of sp³-hybridized carbons (Fsp3) is 0.393. The Bertz CT molecular complexity index is 1270. The van der Waals surface area contributed by atoms with Gasteiger partial charge in [-0.05, 0) is 49.8 Å². The largest absolute Gasteiger partial charge is 0.465 e. The van der Waals surface area contributed by atoms with E-state index < -0.39 is 23.8 Å². The average Bonchev–Trinajstić information content (AvgIpc) is 3.40. The molecule has 0 amide bonds. The second kappa shape index (κ2) is 11.8. The van der Waals surface area contributed by atoms with E-state index in [2.05, 4.69) is 5.32 Å². The maximum Gasteiger partial charge on any atom is 0.336 e. The van der Waals surface area contributed by atoms with E-state index in [1.807, 2.05) is 24.4 Å². The number of carbonyl (C=O) groups excluding carboxylic acids is 3. The van der Waals surface area contributed by atoms with Crippen molar-refractivity contribution < 1.29 is 23.9 Å². The third-order valence-corrected chi connectivity index (χ3v) is 8.48. The molecule has 0 fully saturated rings. The minimum atomic E-state index is -1.05. The SMILES string of the molecule is CCCC1=C(C(=O)OCC)[C@H](c2cccc(Cl)c2Cl)C2=C(C[C@H](c3cccs3)[C@H](C(=O)OCC)C2=O)N1. The van der Waals surface area contributed by atoms with Gasteiger partial charge in [-0.2, -0.15) is 0 Å². The van der Waals surface area contributed by atoms with Crippen LogP contribution in [-0.4, -0.2) is 30.9 Å². The Hall–Kier alpha value is -2.61. The predicted molar refractivity (Wildman–Crippen MR) is 145 cm³/mol. The van der Waals surface area contributed by atoms with E-state index >= 15 is 0 Å². The number of ketones is 1. The van der Waals surface area contributed by atoms with Crippen molar-refractivity contribution in [1.82, 2.24) is 5.32 Å². The van der Waals surface area contributed by atoms with E-state index in [9.17, 15) is 14.4 Å². The van der Waals surface area contributed by atoms with Gasteiger partial charge in [-0.1, -0.05) is 54.7 Å². The van der Waals surface area contributed by atoms with Gasteiger partial charge < -0.3 is 14.8 Å². The molecule has 37 heavy (non-hydrogen) atoms. The van der Waals surface area contributed by atoms with Gasteiger partial charge in [0, 0.05) is 33.7 Å². The number of halogens is 2. The molecule has 0 unspecified atom stereocenters. The van der Waals surface area contributed by atoms with Crippen LogP contribution in [0.1, 0.15) is 62.3 Å². The quantitative estimate of drug-likeness (QED) is 0.290. The molecule has 0 radical (unpaired) electrons. The normalized spacial score (nSPS) is 21.4. The van der Waals surface area contributed by atoms with E-state index in [1.165, 1.54) is 11.3 Å². The molecule has 0 spiro atoms. The zero-order chi connectivity index (χ0) is 26.7. The van der Waals surface area contributed by atoms with Crippen LogP contribution in [0.15, 0.2) is 58.3 Å². The Morgan fingerprint density at radius 1 is 1.08 bits per heavy atom. The van der Waals surface area contributed by atoms with Crippen LogP contribution in [0.25, 0.3) is 0 Å². The van der Waals surface area contributed by atoms with Gasteiger partial charge in [-0.25, -0.2) is 4.79 Å². The van der Waals surface area contributed by atoms with Crippen LogP contribution in [0.5, 0.6) is 0 Å². The lowest BCUT2D eigenvalue weighted by Gasteiger charge is -2.39. The molecule has 3 atom stereocenters. The predicted octanol–water partition coefficient (Wildman–Crippen LogP) is 6.55. The number of hydrogen-bond acceptors (Lipinski definition) is 7. The van der Waals surface area contributed by atoms with E-state index in [0.717, 1.165) is 11.3 Å². The minimum absolute atomic E-state index is 0.155. The maximum atomic E-state index is 14.3. The van der Waals surface area contributed by atoms with Gasteiger partial charge in [0.25, 0.3) is 0 Å². The van der Waals surface area contributed by atoms with Crippen molar-refractivity contribution in [3.8, 4) is 0 Å². The summed E-state index contributed by atoms with van der Waals surface area (Å²) in [7, 11) is 0. The average molecular weight is 563 g/mol. The molecule has 2 aromatic rings. The van der Waals surface area contributed by atoms with Crippen LogP contribution >= 0.6 is 34.5 Å². The Morgan fingerprint density at radius 3 is 2.49 bits per heavy atom. The summed E-state index contributed by atoms with van der Waals surface area (Å²) in [6.45, 7) is 5.78. The Labute approximate surface area is 230 Å². The number of hydrogen-bond donors (Lipinski definition) is 1. The Balaban J connectivity index is 1.96. The zero-order valence-corrected chi connectivity index (χ0v) is 23.3. The number of allylic oxidation sites excluding steroid dienone is 3. The lowest BCUT2D eigenvalue weighted by atomic mass is 9.68. The van der Waals surface area contributed by atoms with Crippen LogP contribution < -0.4 is 5.32 Å². The first-order valence-electron chi connectivity index (χ1n) is 12.4. The summed E-state index contributed by atoms with van der Waals surface area (Å²) in [5.74, 6) is -3.77. The molecule has 0 saturated carbocycles. The van der Waals surface area contributed by atoms with Crippen LogP contribution in [0.3, 0.4) is 0 Å². The molecule has 1 aromatic heterocycles. The molecule has 1 aromatic carbocycles. The number of dihydropyridines is 1. The number of esters is 2. The van der Waals surface area contributed by atoms with Crippen LogP contribution in [0.4, 0.5) is 0 Å². The van der Waals surface area contributed by atoms with Crippen molar-refractivity contribution in [3.05, 3.63) is 78.7 Å². The van der Waals surface area contributed by atoms with Crippen LogP contribution in [-0.2, 0) is 23.9 Å². The second-order valence-corrected chi connectivity index (χ2v) is 10.6. The molecule has 2 heterocycles. The minimum Gasteiger partial charge on any atom is -0.465 e. The van der Waals surface area contributed by atoms with Gasteiger partial charge in [0.15, 0.2) is 5.78 Å². The Morgan fingerprint density at radius 2 is 1.84 bits per heavy atom. The summed E-state index contributed by atoms with van der Waals surface area (Å²) in [4.78, 5) is 41.8. The highest BCUT2D eigenvalue weighted by atomic mass is 35.5. The van der Waals surface area contributed by atoms with Crippen molar-refractivity contribution >= 4 is 52.3 Å². The highest BCUT2D eigenvalue weighted by Gasteiger charge is 2.50. The van der Waals surface area contributed by atoms with Gasteiger partial charge in [-0.3, -0.25) is 9.59 Å². The molecule has 1 aliphatic carbocycles. The van der Waals surface area contributed by atoms with Gasteiger partial charge in [0.05, 0.1) is 28.8 Å². The summed E-state index contributed by atoms with van der Waals surface area (Å²) < 4.78 is 10.8.